The molecule has 12 heteroatoms. The summed E-state index contributed by atoms with van der Waals surface area (Å²) in [6.45, 7) is 3.11. The van der Waals surface area contributed by atoms with E-state index in [4.69, 9.17) is 11.5 Å². The van der Waals surface area contributed by atoms with Crippen molar-refractivity contribution in [1.82, 2.24) is 20.9 Å². The normalized spacial score (nSPS) is 14.3. The molecule has 0 saturated heterocycles. The summed E-state index contributed by atoms with van der Waals surface area (Å²) in [5.41, 5.74) is 12.2. The number of hydrogen-bond donors (Lipinski definition) is 7. The van der Waals surface area contributed by atoms with E-state index in [2.05, 4.69) is 20.9 Å². The summed E-state index contributed by atoms with van der Waals surface area (Å²) in [5, 5.41) is 17.9. The van der Waals surface area contributed by atoms with Gasteiger partial charge in [0.1, 0.15) is 18.1 Å². The quantitative estimate of drug-likeness (QED) is 0.180. The monoisotopic (exact) mass is 502 g/mol. The maximum Gasteiger partial charge on any atom is 0.326 e. The molecule has 9 N–H and O–H groups in total. The van der Waals surface area contributed by atoms with Gasteiger partial charge in [-0.05, 0) is 24.0 Å². The Kier molecular flexibility index (Phi) is 10.4. The number of aromatic amines is 1. The van der Waals surface area contributed by atoms with Gasteiger partial charge in [-0.15, -0.1) is 0 Å². The van der Waals surface area contributed by atoms with Crippen LogP contribution in [0.1, 0.15) is 38.7 Å². The number of nitrogens with one attached hydrogen (secondary N) is 4. The fraction of sp³-hybridized carbons (Fsp3) is 0.458. The molecule has 36 heavy (non-hydrogen) atoms. The second kappa shape index (κ2) is 13.2. The zero-order chi connectivity index (χ0) is 26.8. The second-order valence-electron chi connectivity index (χ2n) is 8.66. The number of carboxylic acid groups (broad SMARTS) is 1. The Labute approximate surface area is 208 Å². The van der Waals surface area contributed by atoms with Gasteiger partial charge in [-0.25, -0.2) is 4.79 Å². The van der Waals surface area contributed by atoms with Crippen LogP contribution in [0.25, 0.3) is 10.9 Å². The summed E-state index contributed by atoms with van der Waals surface area (Å²) in [6.07, 6.45) is 1.94. The average molecular weight is 503 g/mol. The molecule has 0 aliphatic rings. The van der Waals surface area contributed by atoms with Crippen molar-refractivity contribution in [3.63, 3.8) is 0 Å². The number of rotatable bonds is 14. The number of carbonyl (C=O) groups excluding carboxylic acids is 4. The molecule has 1 aromatic heterocycles. The topological polar surface area (TPSA) is 209 Å². The second-order valence-corrected chi connectivity index (χ2v) is 8.66. The van der Waals surface area contributed by atoms with Gasteiger partial charge in [0, 0.05) is 29.9 Å². The summed E-state index contributed by atoms with van der Waals surface area (Å²) >= 11 is 0. The number of aliphatic carboxylic acids is 1. The molecule has 196 valence electrons. The van der Waals surface area contributed by atoms with Crippen LogP contribution < -0.4 is 27.4 Å². The minimum Gasteiger partial charge on any atom is -0.480 e. The molecule has 0 aliphatic carbocycles. The van der Waals surface area contributed by atoms with E-state index in [0.717, 1.165) is 16.5 Å². The summed E-state index contributed by atoms with van der Waals surface area (Å²) in [6, 6.07) is 3.90. The lowest BCUT2D eigenvalue weighted by Gasteiger charge is -2.26. The van der Waals surface area contributed by atoms with Crippen LogP contribution >= 0.6 is 0 Å². The van der Waals surface area contributed by atoms with Crippen LogP contribution in [0.2, 0.25) is 0 Å². The third kappa shape index (κ3) is 7.80. The molecule has 4 amide bonds. The zero-order valence-electron chi connectivity index (χ0n) is 20.4. The van der Waals surface area contributed by atoms with Crippen molar-refractivity contribution in [1.29, 1.82) is 0 Å². The molecule has 0 spiro atoms. The average Bonchev–Trinajstić information content (AvgIpc) is 3.26. The van der Waals surface area contributed by atoms with Crippen molar-refractivity contribution >= 4 is 40.5 Å². The van der Waals surface area contributed by atoms with Crippen molar-refractivity contribution < 1.29 is 29.1 Å². The molecular formula is C24H34N6O6. The molecule has 12 nitrogen and oxygen atoms in total. The number of primary amides is 1. The van der Waals surface area contributed by atoms with E-state index in [-0.39, 0.29) is 31.7 Å². The molecule has 1 aromatic carbocycles. The first-order valence-corrected chi connectivity index (χ1v) is 11.7. The highest BCUT2D eigenvalue weighted by Gasteiger charge is 2.31. The highest BCUT2D eigenvalue weighted by atomic mass is 16.4. The summed E-state index contributed by atoms with van der Waals surface area (Å²) < 4.78 is 0. The molecule has 0 saturated carbocycles. The minimum absolute atomic E-state index is 0.0936. The van der Waals surface area contributed by atoms with Crippen LogP contribution in [-0.2, 0) is 30.4 Å². The molecule has 4 unspecified atom stereocenters. The van der Waals surface area contributed by atoms with E-state index in [1.165, 1.54) is 0 Å². The van der Waals surface area contributed by atoms with Gasteiger partial charge in [-0.2, -0.15) is 0 Å². The Morgan fingerprint density at radius 2 is 1.69 bits per heavy atom. The van der Waals surface area contributed by atoms with E-state index >= 15 is 0 Å². The lowest BCUT2D eigenvalue weighted by atomic mass is 9.98. The van der Waals surface area contributed by atoms with Crippen LogP contribution in [0.15, 0.2) is 30.5 Å². The minimum atomic E-state index is -1.25. The molecule has 2 aromatic rings. The number of nitrogens with two attached hydrogens (primary N) is 2. The van der Waals surface area contributed by atoms with E-state index in [1.54, 1.807) is 20.0 Å². The van der Waals surface area contributed by atoms with E-state index in [1.807, 2.05) is 24.3 Å². The number of benzene rings is 1. The van der Waals surface area contributed by atoms with Gasteiger partial charge in [-0.1, -0.05) is 38.5 Å². The standard InChI is InChI=1S/C24H34N6O6/c1-3-13(2)21(24(35)36)30-22(33)17(8-9-19(26)31)29-23(34)18(28-20(32)11-25)10-14-12-27-16-7-5-4-6-15(14)16/h4-7,12-13,17-18,21,27H,3,8-11,25H2,1-2H3,(H2,26,31)(H,28,32)(H,29,34)(H,30,33)(H,35,36). The van der Waals surface area contributed by atoms with E-state index < -0.39 is 47.7 Å². The smallest absolute Gasteiger partial charge is 0.326 e. The maximum absolute atomic E-state index is 13.2. The van der Waals surface area contributed by atoms with Crippen LogP contribution in [0.3, 0.4) is 0 Å². The molecular weight excluding hydrogens is 468 g/mol. The van der Waals surface area contributed by atoms with Crippen LogP contribution in [0.4, 0.5) is 0 Å². The number of amides is 4. The Hall–Kier alpha value is -3.93. The first-order chi connectivity index (χ1) is 17.1. The van der Waals surface area contributed by atoms with Crippen molar-refractivity contribution in [3.05, 3.63) is 36.0 Å². The maximum atomic E-state index is 13.2. The highest BCUT2D eigenvalue weighted by Crippen LogP contribution is 2.19. The molecule has 0 bridgehead atoms. The number of carboxylic acids is 1. The fourth-order valence-electron chi connectivity index (χ4n) is 3.75. The zero-order valence-corrected chi connectivity index (χ0v) is 20.4. The van der Waals surface area contributed by atoms with Gasteiger partial charge >= 0.3 is 5.97 Å². The number of fused-ring (bicyclic) bond motifs is 1. The lowest BCUT2D eigenvalue weighted by Crippen LogP contribution is -2.57. The van der Waals surface area contributed by atoms with Gasteiger partial charge in [0.15, 0.2) is 0 Å². The van der Waals surface area contributed by atoms with Crippen molar-refractivity contribution in [2.24, 2.45) is 17.4 Å². The Bertz CT molecular complexity index is 1100. The lowest BCUT2D eigenvalue weighted by molar-refractivity contribution is -0.144. The van der Waals surface area contributed by atoms with Crippen LogP contribution in [0.5, 0.6) is 0 Å². The predicted octanol–water partition coefficient (Wildman–Crippen LogP) is -0.480. The van der Waals surface area contributed by atoms with Crippen molar-refractivity contribution in [2.45, 2.75) is 57.7 Å². The van der Waals surface area contributed by atoms with Crippen LogP contribution in [-0.4, -0.2) is 64.4 Å². The Balaban J connectivity index is 2.26. The van der Waals surface area contributed by atoms with Gasteiger partial charge in [0.25, 0.3) is 0 Å². The summed E-state index contributed by atoms with van der Waals surface area (Å²) in [5.74, 6) is -4.32. The number of para-hydroxylation sites is 1. The highest BCUT2D eigenvalue weighted by molar-refractivity contribution is 5.94. The van der Waals surface area contributed by atoms with Gasteiger partial charge in [0.05, 0.1) is 6.54 Å². The van der Waals surface area contributed by atoms with Crippen molar-refractivity contribution in [2.75, 3.05) is 6.54 Å². The number of H-pyrrole nitrogens is 1. The third-order valence-electron chi connectivity index (χ3n) is 6.03. The van der Waals surface area contributed by atoms with E-state index in [0.29, 0.717) is 6.42 Å². The summed E-state index contributed by atoms with van der Waals surface area (Å²) in [4.78, 5) is 64.4. The first-order valence-electron chi connectivity index (χ1n) is 11.7. The first kappa shape index (κ1) is 28.3. The molecule has 4 atom stereocenters. The molecule has 0 aliphatic heterocycles. The number of aromatic nitrogens is 1. The number of hydrogen-bond acceptors (Lipinski definition) is 6. The molecule has 1 heterocycles. The molecule has 0 fully saturated rings. The summed E-state index contributed by atoms with van der Waals surface area (Å²) in [7, 11) is 0. The van der Waals surface area contributed by atoms with Gasteiger partial charge in [-0.3, -0.25) is 19.2 Å². The molecule has 0 radical (unpaired) electrons. The van der Waals surface area contributed by atoms with Crippen LogP contribution in [0, 0.1) is 5.92 Å². The van der Waals surface area contributed by atoms with Gasteiger partial charge in [0.2, 0.25) is 23.6 Å². The van der Waals surface area contributed by atoms with Gasteiger partial charge < -0.3 is 37.5 Å². The third-order valence-corrected chi connectivity index (χ3v) is 6.03. The van der Waals surface area contributed by atoms with Crippen molar-refractivity contribution in [3.8, 4) is 0 Å². The predicted molar refractivity (Wildman–Crippen MR) is 132 cm³/mol. The Morgan fingerprint density at radius 3 is 2.31 bits per heavy atom. The Morgan fingerprint density at radius 1 is 1.03 bits per heavy atom. The fourth-order valence-corrected chi connectivity index (χ4v) is 3.75. The van der Waals surface area contributed by atoms with E-state index in [9.17, 15) is 29.1 Å². The number of carbonyl (C=O) groups is 5. The molecule has 2 rings (SSSR count). The SMILES string of the molecule is CCC(C)C(NC(=O)C(CCC(N)=O)NC(=O)C(Cc1c[nH]c2ccccc12)NC(=O)CN)C(=O)O. The largest absolute Gasteiger partial charge is 0.480 e.